The van der Waals surface area contributed by atoms with E-state index in [2.05, 4.69) is 64.6 Å². The SMILES string of the molecule is CCCCNN1CC(C)[C]2CN(Cc3ccccc3)CCN21. The van der Waals surface area contributed by atoms with Crippen LogP contribution in [0.25, 0.3) is 0 Å². The van der Waals surface area contributed by atoms with Crippen LogP contribution in [-0.2, 0) is 6.54 Å². The van der Waals surface area contributed by atoms with Gasteiger partial charge in [-0.1, -0.05) is 50.6 Å². The molecule has 0 aliphatic carbocycles. The Morgan fingerprint density at radius 2 is 2.00 bits per heavy atom. The molecule has 4 heteroatoms. The van der Waals surface area contributed by atoms with Crippen molar-refractivity contribution in [1.29, 1.82) is 0 Å². The van der Waals surface area contributed by atoms with E-state index in [1.807, 2.05) is 0 Å². The molecule has 1 aromatic carbocycles. The van der Waals surface area contributed by atoms with Crippen LogP contribution in [0.15, 0.2) is 30.3 Å². The van der Waals surface area contributed by atoms with Crippen molar-refractivity contribution in [3.8, 4) is 0 Å². The molecule has 0 aromatic heterocycles. The van der Waals surface area contributed by atoms with Gasteiger partial charge >= 0.3 is 0 Å². The molecule has 1 unspecified atom stereocenters. The van der Waals surface area contributed by atoms with Crippen LogP contribution in [-0.4, -0.2) is 47.8 Å². The zero-order chi connectivity index (χ0) is 15.4. The number of rotatable bonds is 6. The molecule has 1 N–H and O–H groups in total. The molecule has 4 nitrogen and oxygen atoms in total. The fourth-order valence-corrected chi connectivity index (χ4v) is 3.43. The first-order valence-electron chi connectivity index (χ1n) is 8.68. The normalized spacial score (nSPS) is 24.7. The third-order valence-electron chi connectivity index (χ3n) is 4.73. The standard InChI is InChI=1S/C18H29N4/c1-3-4-10-19-22-13-16(2)18-15-20(11-12-21(18)22)14-17-8-6-5-7-9-17/h5-9,16,19H,3-4,10-15H2,1-2H3. The fourth-order valence-electron chi connectivity index (χ4n) is 3.43. The molecule has 1 radical (unpaired) electrons. The van der Waals surface area contributed by atoms with Crippen molar-refractivity contribution in [2.24, 2.45) is 5.92 Å². The number of nitrogens with one attached hydrogen (secondary N) is 1. The predicted molar refractivity (Wildman–Crippen MR) is 90.4 cm³/mol. The predicted octanol–water partition coefficient (Wildman–Crippen LogP) is 2.51. The minimum Gasteiger partial charge on any atom is -0.296 e. The lowest BCUT2D eigenvalue weighted by Crippen LogP contribution is -2.54. The summed E-state index contributed by atoms with van der Waals surface area (Å²) in [6.45, 7) is 11.2. The first-order valence-corrected chi connectivity index (χ1v) is 8.68. The summed E-state index contributed by atoms with van der Waals surface area (Å²) in [5.41, 5.74) is 5.01. The maximum Gasteiger partial charge on any atom is 0.0748 e. The van der Waals surface area contributed by atoms with Crippen molar-refractivity contribution in [1.82, 2.24) is 20.5 Å². The lowest BCUT2D eigenvalue weighted by molar-refractivity contribution is -0.0490. The van der Waals surface area contributed by atoms with Gasteiger partial charge in [0.05, 0.1) is 6.04 Å². The summed E-state index contributed by atoms with van der Waals surface area (Å²) >= 11 is 0. The average molecular weight is 301 g/mol. The molecule has 3 rings (SSSR count). The van der Waals surface area contributed by atoms with Crippen LogP contribution in [0.4, 0.5) is 0 Å². The lowest BCUT2D eigenvalue weighted by atomic mass is 10.0. The lowest BCUT2D eigenvalue weighted by Gasteiger charge is -2.40. The van der Waals surface area contributed by atoms with E-state index >= 15 is 0 Å². The summed E-state index contributed by atoms with van der Waals surface area (Å²) in [7, 11) is 0. The van der Waals surface area contributed by atoms with Gasteiger partial charge in [-0.05, 0) is 17.9 Å². The Kier molecular flexibility index (Phi) is 5.47. The highest BCUT2D eigenvalue weighted by Gasteiger charge is 2.41. The van der Waals surface area contributed by atoms with Crippen LogP contribution in [0.3, 0.4) is 0 Å². The van der Waals surface area contributed by atoms with Gasteiger partial charge in [-0.2, -0.15) is 5.12 Å². The van der Waals surface area contributed by atoms with Gasteiger partial charge in [-0.15, -0.1) is 0 Å². The second-order valence-electron chi connectivity index (χ2n) is 6.56. The highest BCUT2D eigenvalue weighted by atomic mass is 15.8. The van der Waals surface area contributed by atoms with Gasteiger partial charge in [0.1, 0.15) is 0 Å². The molecule has 0 saturated carbocycles. The molecular weight excluding hydrogens is 272 g/mol. The zero-order valence-electron chi connectivity index (χ0n) is 14.0. The molecule has 1 atom stereocenters. The highest BCUT2D eigenvalue weighted by Crippen LogP contribution is 2.32. The first kappa shape index (κ1) is 15.9. The van der Waals surface area contributed by atoms with E-state index in [0.29, 0.717) is 5.92 Å². The van der Waals surface area contributed by atoms with Crippen molar-refractivity contribution >= 4 is 0 Å². The van der Waals surface area contributed by atoms with Crippen molar-refractivity contribution in [2.75, 3.05) is 32.7 Å². The highest BCUT2D eigenvalue weighted by molar-refractivity contribution is 5.15. The van der Waals surface area contributed by atoms with Gasteiger partial charge in [0.2, 0.25) is 0 Å². The van der Waals surface area contributed by atoms with Crippen LogP contribution in [0.2, 0.25) is 0 Å². The van der Waals surface area contributed by atoms with Gasteiger partial charge in [-0.25, -0.2) is 10.4 Å². The molecule has 2 fully saturated rings. The zero-order valence-corrected chi connectivity index (χ0v) is 14.0. The van der Waals surface area contributed by atoms with Crippen molar-refractivity contribution in [3.63, 3.8) is 0 Å². The second kappa shape index (κ2) is 7.55. The molecule has 0 bridgehead atoms. The van der Waals surface area contributed by atoms with Gasteiger partial charge in [0.25, 0.3) is 0 Å². The minimum absolute atomic E-state index is 0.646. The topological polar surface area (TPSA) is 21.8 Å². The monoisotopic (exact) mass is 301 g/mol. The van der Waals surface area contributed by atoms with Gasteiger partial charge < -0.3 is 0 Å². The molecule has 0 amide bonds. The smallest absolute Gasteiger partial charge is 0.0748 e. The van der Waals surface area contributed by atoms with Crippen molar-refractivity contribution < 1.29 is 0 Å². The van der Waals surface area contributed by atoms with E-state index in [1.165, 1.54) is 18.4 Å². The van der Waals surface area contributed by atoms with E-state index in [9.17, 15) is 0 Å². The molecule has 121 valence electrons. The van der Waals surface area contributed by atoms with Crippen LogP contribution < -0.4 is 5.43 Å². The largest absolute Gasteiger partial charge is 0.296 e. The summed E-state index contributed by atoms with van der Waals surface area (Å²) in [6, 6.07) is 12.4. The summed E-state index contributed by atoms with van der Waals surface area (Å²) in [5.74, 6) is 0.646. The number of nitrogens with zero attached hydrogens (tertiary/aromatic N) is 3. The van der Waals surface area contributed by atoms with Crippen LogP contribution >= 0.6 is 0 Å². The quantitative estimate of drug-likeness (QED) is 0.815. The molecule has 2 heterocycles. The molecule has 1 aromatic rings. The third kappa shape index (κ3) is 3.69. The average Bonchev–Trinajstić information content (AvgIpc) is 2.85. The number of unbranched alkanes of at least 4 members (excludes halogenated alkanes) is 1. The number of piperazine rings is 1. The van der Waals surface area contributed by atoms with E-state index in [1.54, 1.807) is 6.04 Å². The number of hydrogen-bond acceptors (Lipinski definition) is 4. The number of benzene rings is 1. The van der Waals surface area contributed by atoms with Crippen molar-refractivity contribution in [2.45, 2.75) is 33.2 Å². The molecule has 2 saturated heterocycles. The molecule has 22 heavy (non-hydrogen) atoms. The Labute approximate surface area is 135 Å². The number of hydrazine groups is 2. The Hall–Kier alpha value is -0.940. The van der Waals surface area contributed by atoms with Gasteiger partial charge in [0, 0.05) is 39.3 Å². The van der Waals surface area contributed by atoms with Crippen LogP contribution in [0, 0.1) is 12.0 Å². The molecule has 0 spiro atoms. The summed E-state index contributed by atoms with van der Waals surface area (Å²) in [6.07, 6.45) is 2.49. The Morgan fingerprint density at radius 1 is 1.18 bits per heavy atom. The third-order valence-corrected chi connectivity index (χ3v) is 4.73. The van der Waals surface area contributed by atoms with Crippen molar-refractivity contribution in [3.05, 3.63) is 41.9 Å². The first-order chi connectivity index (χ1) is 10.8. The number of hydrogen-bond donors (Lipinski definition) is 1. The summed E-state index contributed by atoms with van der Waals surface area (Å²) < 4.78 is 0. The van der Waals surface area contributed by atoms with E-state index in [4.69, 9.17) is 0 Å². The maximum atomic E-state index is 3.60. The fraction of sp³-hybridized carbons (Fsp3) is 0.611. The minimum atomic E-state index is 0.646. The molecule has 2 aliphatic heterocycles. The second-order valence-corrected chi connectivity index (χ2v) is 6.56. The van der Waals surface area contributed by atoms with Crippen LogP contribution in [0.5, 0.6) is 0 Å². The summed E-state index contributed by atoms with van der Waals surface area (Å²) in [5, 5.41) is 4.84. The Balaban J connectivity index is 1.54. The van der Waals surface area contributed by atoms with E-state index < -0.39 is 0 Å². The molecule has 2 aliphatic rings. The van der Waals surface area contributed by atoms with Gasteiger partial charge in [0.15, 0.2) is 0 Å². The van der Waals surface area contributed by atoms with Gasteiger partial charge in [-0.3, -0.25) is 4.90 Å². The van der Waals surface area contributed by atoms with E-state index in [0.717, 1.165) is 39.3 Å². The number of fused-ring (bicyclic) bond motifs is 1. The maximum absolute atomic E-state index is 3.60. The Bertz CT molecular complexity index is 450. The van der Waals surface area contributed by atoms with Crippen LogP contribution in [0.1, 0.15) is 32.3 Å². The van der Waals surface area contributed by atoms with E-state index in [-0.39, 0.29) is 0 Å². The summed E-state index contributed by atoms with van der Waals surface area (Å²) in [4.78, 5) is 2.58. The molecular formula is C18H29N4. The Morgan fingerprint density at radius 3 is 2.77 bits per heavy atom.